The van der Waals surface area contributed by atoms with Crippen molar-refractivity contribution in [3.05, 3.63) is 29.8 Å². The average Bonchev–Trinajstić information content (AvgIpc) is 2.69. The van der Waals surface area contributed by atoms with Crippen LogP contribution in [0.25, 0.3) is 0 Å². The van der Waals surface area contributed by atoms with E-state index < -0.39 is 0 Å². The Kier molecular flexibility index (Phi) is 4.43. The lowest BCUT2D eigenvalue weighted by Crippen LogP contribution is -2.43. The molecule has 1 heterocycles. The molecule has 1 aromatic carbocycles. The molecule has 112 valence electrons. The van der Waals surface area contributed by atoms with E-state index in [1.165, 1.54) is 24.1 Å². The molecule has 0 saturated heterocycles. The number of hydrogen-bond acceptors (Lipinski definition) is 2. The Morgan fingerprint density at radius 3 is 2.55 bits per heavy atom. The fourth-order valence-electron chi connectivity index (χ4n) is 3.59. The Morgan fingerprint density at radius 2 is 1.85 bits per heavy atom. The van der Waals surface area contributed by atoms with Gasteiger partial charge in [0.05, 0.1) is 0 Å². The number of rotatable bonds is 5. The lowest BCUT2D eigenvalue weighted by atomic mass is 9.81. The molecule has 2 nitrogen and oxygen atoms in total. The lowest BCUT2D eigenvalue weighted by Gasteiger charge is -2.34. The van der Waals surface area contributed by atoms with Gasteiger partial charge in [0.2, 0.25) is 0 Å². The van der Waals surface area contributed by atoms with Crippen molar-refractivity contribution in [1.29, 1.82) is 0 Å². The van der Waals surface area contributed by atoms with Crippen LogP contribution >= 0.6 is 0 Å². The summed E-state index contributed by atoms with van der Waals surface area (Å²) in [5.41, 5.74) is 3.40. The Bertz CT molecular complexity index is 443. The number of nitrogens with one attached hydrogen (secondary N) is 2. The van der Waals surface area contributed by atoms with Crippen LogP contribution in [0.15, 0.2) is 24.3 Å². The molecule has 0 aromatic heterocycles. The SMILES string of the molecule is CC(C)(C)CC(C)(C)NCCC1CNc2ccccc21. The van der Waals surface area contributed by atoms with Gasteiger partial charge in [-0.05, 0) is 50.3 Å². The molecule has 1 aliphatic rings. The minimum atomic E-state index is 0.212. The number of fused-ring (bicyclic) bond motifs is 1. The Morgan fingerprint density at radius 1 is 1.15 bits per heavy atom. The second-order valence-electron chi connectivity index (χ2n) is 8.00. The van der Waals surface area contributed by atoms with E-state index in [4.69, 9.17) is 0 Å². The molecule has 0 amide bonds. The molecular weight excluding hydrogens is 244 g/mol. The standard InChI is InChI=1S/C18H30N2/c1-17(2,3)13-18(4,5)20-11-10-14-12-19-16-9-7-6-8-15(14)16/h6-9,14,19-20H,10-13H2,1-5H3. The molecule has 0 aliphatic carbocycles. The second-order valence-corrected chi connectivity index (χ2v) is 8.00. The molecule has 2 heteroatoms. The van der Waals surface area contributed by atoms with Crippen LogP contribution in [-0.4, -0.2) is 18.6 Å². The summed E-state index contributed by atoms with van der Waals surface area (Å²) in [6, 6.07) is 8.71. The first-order valence-corrected chi connectivity index (χ1v) is 7.85. The van der Waals surface area contributed by atoms with Crippen molar-refractivity contribution in [2.45, 2.75) is 58.9 Å². The summed E-state index contributed by atoms with van der Waals surface area (Å²) in [5, 5.41) is 7.25. The highest BCUT2D eigenvalue weighted by atomic mass is 15.0. The molecule has 1 unspecified atom stereocenters. The molecule has 0 saturated carbocycles. The van der Waals surface area contributed by atoms with Crippen molar-refractivity contribution in [1.82, 2.24) is 5.32 Å². The lowest BCUT2D eigenvalue weighted by molar-refractivity contribution is 0.241. The van der Waals surface area contributed by atoms with Gasteiger partial charge in [0.1, 0.15) is 0 Å². The van der Waals surface area contributed by atoms with E-state index in [1.54, 1.807) is 0 Å². The first-order chi connectivity index (χ1) is 9.27. The van der Waals surface area contributed by atoms with E-state index in [-0.39, 0.29) is 5.54 Å². The summed E-state index contributed by atoms with van der Waals surface area (Å²) < 4.78 is 0. The quantitative estimate of drug-likeness (QED) is 0.832. The van der Waals surface area contributed by atoms with E-state index in [1.807, 2.05) is 0 Å². The molecule has 2 N–H and O–H groups in total. The van der Waals surface area contributed by atoms with Crippen LogP contribution in [0.1, 0.15) is 58.9 Å². The molecule has 0 radical (unpaired) electrons. The van der Waals surface area contributed by atoms with Crippen LogP contribution in [0.3, 0.4) is 0 Å². The maximum atomic E-state index is 3.75. The third-order valence-corrected chi connectivity index (χ3v) is 4.01. The van der Waals surface area contributed by atoms with Gasteiger partial charge in [0.15, 0.2) is 0 Å². The van der Waals surface area contributed by atoms with E-state index in [0.717, 1.165) is 13.1 Å². The van der Waals surface area contributed by atoms with Crippen molar-refractivity contribution in [2.75, 3.05) is 18.4 Å². The molecule has 20 heavy (non-hydrogen) atoms. The summed E-state index contributed by atoms with van der Waals surface area (Å²) in [7, 11) is 0. The summed E-state index contributed by atoms with van der Waals surface area (Å²) in [5.74, 6) is 0.657. The number of para-hydroxylation sites is 1. The van der Waals surface area contributed by atoms with E-state index in [2.05, 4.69) is 69.5 Å². The predicted octanol–water partition coefficient (Wildman–Crippen LogP) is 4.39. The first kappa shape index (κ1) is 15.4. The second kappa shape index (κ2) is 5.77. The molecule has 1 atom stereocenters. The number of anilines is 1. The normalized spacial score (nSPS) is 18.8. The highest BCUT2D eigenvalue weighted by molar-refractivity contribution is 5.57. The van der Waals surface area contributed by atoms with Gasteiger partial charge in [-0.15, -0.1) is 0 Å². The minimum absolute atomic E-state index is 0.212. The van der Waals surface area contributed by atoms with Crippen LogP contribution in [0.4, 0.5) is 5.69 Å². The summed E-state index contributed by atoms with van der Waals surface area (Å²) in [4.78, 5) is 0. The van der Waals surface area contributed by atoms with Crippen LogP contribution in [0.2, 0.25) is 0 Å². The highest BCUT2D eigenvalue weighted by Gasteiger charge is 2.26. The maximum Gasteiger partial charge on any atom is 0.0376 e. The molecule has 2 rings (SSSR count). The zero-order valence-electron chi connectivity index (χ0n) is 13.7. The average molecular weight is 274 g/mol. The van der Waals surface area contributed by atoms with Crippen LogP contribution in [0.5, 0.6) is 0 Å². The van der Waals surface area contributed by atoms with E-state index >= 15 is 0 Å². The molecule has 0 fully saturated rings. The molecule has 0 spiro atoms. The van der Waals surface area contributed by atoms with Crippen molar-refractivity contribution >= 4 is 5.69 Å². The van der Waals surface area contributed by atoms with Gasteiger partial charge in [-0.1, -0.05) is 39.0 Å². The monoisotopic (exact) mass is 274 g/mol. The van der Waals surface area contributed by atoms with Gasteiger partial charge >= 0.3 is 0 Å². The van der Waals surface area contributed by atoms with E-state index in [0.29, 0.717) is 11.3 Å². The van der Waals surface area contributed by atoms with Crippen molar-refractivity contribution in [2.24, 2.45) is 5.41 Å². The Balaban J connectivity index is 1.83. The zero-order valence-corrected chi connectivity index (χ0v) is 13.7. The Labute approximate surface area is 124 Å². The predicted molar refractivity (Wildman–Crippen MR) is 88.4 cm³/mol. The molecule has 1 aromatic rings. The summed E-state index contributed by atoms with van der Waals surface area (Å²) in [6.07, 6.45) is 2.40. The number of benzene rings is 1. The Hall–Kier alpha value is -1.02. The molecule has 0 bridgehead atoms. The van der Waals surface area contributed by atoms with Gasteiger partial charge < -0.3 is 10.6 Å². The maximum absolute atomic E-state index is 3.75. The third-order valence-electron chi connectivity index (χ3n) is 4.01. The molecule has 1 aliphatic heterocycles. The largest absolute Gasteiger partial charge is 0.384 e. The van der Waals surface area contributed by atoms with Crippen LogP contribution in [-0.2, 0) is 0 Å². The van der Waals surface area contributed by atoms with Crippen molar-refractivity contribution in [3.8, 4) is 0 Å². The first-order valence-electron chi connectivity index (χ1n) is 7.85. The van der Waals surface area contributed by atoms with Crippen molar-refractivity contribution in [3.63, 3.8) is 0 Å². The van der Waals surface area contributed by atoms with Gasteiger partial charge in [0, 0.05) is 23.7 Å². The van der Waals surface area contributed by atoms with Gasteiger partial charge in [-0.2, -0.15) is 0 Å². The van der Waals surface area contributed by atoms with Crippen LogP contribution < -0.4 is 10.6 Å². The van der Waals surface area contributed by atoms with E-state index in [9.17, 15) is 0 Å². The number of hydrogen-bond donors (Lipinski definition) is 2. The van der Waals surface area contributed by atoms with Crippen LogP contribution in [0, 0.1) is 5.41 Å². The third kappa shape index (κ3) is 4.24. The minimum Gasteiger partial charge on any atom is -0.384 e. The smallest absolute Gasteiger partial charge is 0.0376 e. The zero-order chi connectivity index (χ0) is 14.8. The highest BCUT2D eigenvalue weighted by Crippen LogP contribution is 2.33. The molecular formula is C18H30N2. The van der Waals surface area contributed by atoms with Gasteiger partial charge in [-0.3, -0.25) is 0 Å². The fourth-order valence-corrected chi connectivity index (χ4v) is 3.59. The topological polar surface area (TPSA) is 24.1 Å². The van der Waals surface area contributed by atoms with Gasteiger partial charge in [0.25, 0.3) is 0 Å². The van der Waals surface area contributed by atoms with Gasteiger partial charge in [-0.25, -0.2) is 0 Å². The summed E-state index contributed by atoms with van der Waals surface area (Å²) >= 11 is 0. The van der Waals surface area contributed by atoms with Crippen molar-refractivity contribution < 1.29 is 0 Å². The summed E-state index contributed by atoms with van der Waals surface area (Å²) in [6.45, 7) is 13.7. The fraction of sp³-hybridized carbons (Fsp3) is 0.667.